The number of aliphatic carboxylic acids is 1. The quantitative estimate of drug-likeness (QED) is 0.733. The Morgan fingerprint density at radius 1 is 1.33 bits per heavy atom. The van der Waals surface area contributed by atoms with Gasteiger partial charge >= 0.3 is 12.1 Å². The molecule has 118 valence electrons. The number of carbonyl (C=O) groups excluding carboxylic acids is 2. The maximum atomic E-state index is 12.2. The van der Waals surface area contributed by atoms with E-state index in [1.807, 2.05) is 0 Å². The van der Waals surface area contributed by atoms with Crippen molar-refractivity contribution in [3.05, 3.63) is 0 Å². The number of hydrogen-bond donors (Lipinski definition) is 2. The summed E-state index contributed by atoms with van der Waals surface area (Å²) in [4.78, 5) is 35.8. The standard InChI is InChI=1S/C14H22N2O5/c1-7-8-16(10(3)12(18)19)11(17)9(2)15-13(20)21-14(4,5)6/h1,9-10H,8H2,2-6H3,(H,15,20)(H,18,19)/t9-,10?/m1/s1. The molecule has 0 bridgehead atoms. The Balaban J connectivity index is 4.83. The van der Waals surface area contributed by atoms with Crippen molar-refractivity contribution in [1.82, 2.24) is 10.2 Å². The molecule has 0 heterocycles. The van der Waals surface area contributed by atoms with E-state index in [-0.39, 0.29) is 6.54 Å². The van der Waals surface area contributed by atoms with Crippen LogP contribution in [-0.2, 0) is 14.3 Å². The molecular weight excluding hydrogens is 276 g/mol. The van der Waals surface area contributed by atoms with E-state index in [4.69, 9.17) is 16.3 Å². The zero-order valence-electron chi connectivity index (χ0n) is 13.0. The van der Waals surface area contributed by atoms with Crippen LogP contribution in [0.25, 0.3) is 0 Å². The predicted molar refractivity (Wildman–Crippen MR) is 76.5 cm³/mol. The van der Waals surface area contributed by atoms with Crippen molar-refractivity contribution in [3.63, 3.8) is 0 Å². The third-order valence-corrected chi connectivity index (χ3v) is 2.47. The number of terminal acetylenes is 1. The van der Waals surface area contributed by atoms with Gasteiger partial charge in [0.05, 0.1) is 6.54 Å². The summed E-state index contributed by atoms with van der Waals surface area (Å²) < 4.78 is 5.03. The molecule has 0 aromatic heterocycles. The molecule has 0 spiro atoms. The van der Waals surface area contributed by atoms with Gasteiger partial charge in [0.15, 0.2) is 0 Å². The van der Waals surface area contributed by atoms with Gasteiger partial charge in [-0.1, -0.05) is 5.92 Å². The number of nitrogens with one attached hydrogen (secondary N) is 1. The van der Waals surface area contributed by atoms with Gasteiger partial charge in [-0.15, -0.1) is 6.42 Å². The van der Waals surface area contributed by atoms with Gasteiger partial charge in [0.25, 0.3) is 0 Å². The van der Waals surface area contributed by atoms with Crippen molar-refractivity contribution >= 4 is 18.0 Å². The summed E-state index contributed by atoms with van der Waals surface area (Å²) in [7, 11) is 0. The largest absolute Gasteiger partial charge is 0.480 e. The van der Waals surface area contributed by atoms with Gasteiger partial charge in [0, 0.05) is 0 Å². The number of amides is 2. The number of nitrogens with zero attached hydrogens (tertiary/aromatic N) is 1. The monoisotopic (exact) mass is 298 g/mol. The van der Waals surface area contributed by atoms with Crippen molar-refractivity contribution in [2.45, 2.75) is 52.3 Å². The average molecular weight is 298 g/mol. The highest BCUT2D eigenvalue weighted by Gasteiger charge is 2.30. The van der Waals surface area contributed by atoms with Crippen molar-refractivity contribution in [1.29, 1.82) is 0 Å². The molecule has 0 aliphatic carbocycles. The van der Waals surface area contributed by atoms with Crippen LogP contribution in [0.15, 0.2) is 0 Å². The minimum absolute atomic E-state index is 0.160. The van der Waals surface area contributed by atoms with Crippen molar-refractivity contribution in [2.75, 3.05) is 6.54 Å². The van der Waals surface area contributed by atoms with E-state index in [0.29, 0.717) is 0 Å². The van der Waals surface area contributed by atoms with E-state index in [1.165, 1.54) is 13.8 Å². The van der Waals surface area contributed by atoms with E-state index < -0.39 is 35.7 Å². The van der Waals surface area contributed by atoms with Gasteiger partial charge in [0.1, 0.15) is 17.7 Å². The molecule has 0 aliphatic rings. The lowest BCUT2D eigenvalue weighted by molar-refractivity contribution is -0.149. The fraction of sp³-hybridized carbons (Fsp3) is 0.643. The molecule has 0 rings (SSSR count). The highest BCUT2D eigenvalue weighted by Crippen LogP contribution is 2.08. The first-order valence-corrected chi connectivity index (χ1v) is 6.46. The van der Waals surface area contributed by atoms with Gasteiger partial charge in [-0.05, 0) is 34.6 Å². The second-order valence-corrected chi connectivity index (χ2v) is 5.55. The summed E-state index contributed by atoms with van der Waals surface area (Å²) in [6.45, 7) is 7.69. The smallest absolute Gasteiger partial charge is 0.408 e. The van der Waals surface area contributed by atoms with Crippen LogP contribution in [0.4, 0.5) is 4.79 Å². The van der Waals surface area contributed by atoms with Crippen LogP contribution in [0, 0.1) is 12.3 Å². The number of carboxylic acid groups (broad SMARTS) is 1. The Morgan fingerprint density at radius 3 is 2.24 bits per heavy atom. The van der Waals surface area contributed by atoms with E-state index in [9.17, 15) is 14.4 Å². The van der Waals surface area contributed by atoms with Gasteiger partial charge in [-0.2, -0.15) is 0 Å². The average Bonchev–Trinajstić information content (AvgIpc) is 2.31. The van der Waals surface area contributed by atoms with E-state index in [0.717, 1.165) is 4.90 Å². The molecule has 2 atom stereocenters. The Labute approximate surface area is 124 Å². The second kappa shape index (κ2) is 7.53. The number of rotatable bonds is 5. The zero-order valence-corrected chi connectivity index (χ0v) is 13.0. The maximum Gasteiger partial charge on any atom is 0.408 e. The molecule has 0 radical (unpaired) electrons. The summed E-state index contributed by atoms with van der Waals surface area (Å²) in [5.74, 6) is 0.462. The molecule has 0 fully saturated rings. The van der Waals surface area contributed by atoms with Gasteiger partial charge < -0.3 is 20.1 Å². The first-order valence-electron chi connectivity index (χ1n) is 6.46. The molecule has 0 saturated carbocycles. The first kappa shape index (κ1) is 18.8. The van der Waals surface area contributed by atoms with Crippen molar-refractivity contribution in [2.24, 2.45) is 0 Å². The molecule has 2 N–H and O–H groups in total. The van der Waals surface area contributed by atoms with E-state index in [1.54, 1.807) is 20.8 Å². The van der Waals surface area contributed by atoms with Gasteiger partial charge in [-0.3, -0.25) is 4.79 Å². The van der Waals surface area contributed by atoms with Crippen LogP contribution in [0.2, 0.25) is 0 Å². The highest BCUT2D eigenvalue weighted by molar-refractivity contribution is 5.89. The lowest BCUT2D eigenvalue weighted by Gasteiger charge is -2.28. The number of hydrogen-bond acceptors (Lipinski definition) is 4. The normalized spacial score (nSPS) is 13.5. The Hall–Kier alpha value is -2.23. The van der Waals surface area contributed by atoms with Crippen LogP contribution in [0.3, 0.4) is 0 Å². The van der Waals surface area contributed by atoms with Gasteiger partial charge in [-0.25, -0.2) is 9.59 Å². The third-order valence-electron chi connectivity index (χ3n) is 2.47. The highest BCUT2D eigenvalue weighted by atomic mass is 16.6. The lowest BCUT2D eigenvalue weighted by Crippen LogP contribution is -2.52. The molecule has 0 aliphatic heterocycles. The summed E-state index contributed by atoms with van der Waals surface area (Å²) in [6, 6.07) is -2.04. The number of carbonyl (C=O) groups is 3. The fourth-order valence-corrected chi connectivity index (χ4v) is 1.43. The second-order valence-electron chi connectivity index (χ2n) is 5.55. The molecule has 0 saturated heterocycles. The Morgan fingerprint density at radius 2 is 1.86 bits per heavy atom. The van der Waals surface area contributed by atoms with Crippen LogP contribution in [-0.4, -0.2) is 52.2 Å². The maximum absolute atomic E-state index is 12.2. The minimum atomic E-state index is -1.18. The third kappa shape index (κ3) is 6.65. The zero-order chi connectivity index (χ0) is 16.8. The first-order chi connectivity index (χ1) is 9.49. The van der Waals surface area contributed by atoms with Crippen molar-refractivity contribution < 1.29 is 24.2 Å². The number of ether oxygens (including phenoxy) is 1. The van der Waals surface area contributed by atoms with Crippen LogP contribution in [0.5, 0.6) is 0 Å². The molecule has 0 aromatic carbocycles. The Kier molecular flexibility index (Phi) is 6.73. The molecule has 21 heavy (non-hydrogen) atoms. The van der Waals surface area contributed by atoms with Crippen molar-refractivity contribution in [3.8, 4) is 12.3 Å². The summed E-state index contributed by atoms with van der Waals surface area (Å²) in [6.07, 6.45) is 4.38. The summed E-state index contributed by atoms with van der Waals surface area (Å²) in [5, 5.41) is 11.3. The van der Waals surface area contributed by atoms with Crippen LogP contribution >= 0.6 is 0 Å². The predicted octanol–water partition coefficient (Wildman–Crippen LogP) is 0.834. The topological polar surface area (TPSA) is 95.9 Å². The fourth-order valence-electron chi connectivity index (χ4n) is 1.43. The molecule has 1 unspecified atom stereocenters. The summed E-state index contributed by atoms with van der Waals surface area (Å²) >= 11 is 0. The molecule has 7 nitrogen and oxygen atoms in total. The summed E-state index contributed by atoms with van der Waals surface area (Å²) in [5.41, 5.74) is -0.695. The van der Waals surface area contributed by atoms with Crippen LogP contribution in [0.1, 0.15) is 34.6 Å². The Bertz CT molecular complexity index is 447. The molecule has 7 heteroatoms. The lowest BCUT2D eigenvalue weighted by atomic mass is 10.2. The molecule has 2 amide bonds. The number of carboxylic acids is 1. The minimum Gasteiger partial charge on any atom is -0.480 e. The van der Waals surface area contributed by atoms with Gasteiger partial charge in [0.2, 0.25) is 5.91 Å². The number of alkyl carbamates (subject to hydrolysis) is 1. The molecular formula is C14H22N2O5. The van der Waals surface area contributed by atoms with E-state index >= 15 is 0 Å². The molecule has 0 aromatic rings. The van der Waals surface area contributed by atoms with E-state index in [2.05, 4.69) is 11.2 Å². The SMILES string of the molecule is C#CCN(C(=O)[C@@H](C)NC(=O)OC(C)(C)C)C(C)C(=O)O. The van der Waals surface area contributed by atoms with Crippen LogP contribution < -0.4 is 5.32 Å².